The number of hydrogen-bond acceptors (Lipinski definition) is 4. The third-order valence-corrected chi connectivity index (χ3v) is 1.49. The quantitative estimate of drug-likeness (QED) is 0.424. The molecule has 4 N–H and O–H groups in total. The molecular formula is C10H24Cl2N4O2. The maximum Gasteiger partial charge on any atom is 0.216 e. The third kappa shape index (κ3) is 20.8. The molecule has 0 aliphatic heterocycles. The second-order valence-corrected chi connectivity index (χ2v) is 3.07. The Bertz CT molecular complexity index is 317. The summed E-state index contributed by atoms with van der Waals surface area (Å²) in [4.78, 5) is 21.3. The Hall–Kier alpha value is -0.560. The molecule has 2 amide bonds. The molecule has 0 saturated heterocycles. The van der Waals surface area contributed by atoms with E-state index in [1.807, 2.05) is 0 Å². The molecule has 0 heterocycles. The van der Waals surface area contributed by atoms with E-state index in [2.05, 4.69) is 21.3 Å². The highest BCUT2D eigenvalue weighted by molar-refractivity contribution is 5.85. The molecule has 0 aromatic heterocycles. The van der Waals surface area contributed by atoms with Gasteiger partial charge >= 0.3 is 0 Å². The second kappa shape index (κ2) is 16.4. The molecule has 0 spiro atoms. The lowest BCUT2D eigenvalue weighted by atomic mass is 10.5. The van der Waals surface area contributed by atoms with E-state index >= 15 is 0 Å². The molecule has 0 aromatic rings. The van der Waals surface area contributed by atoms with E-state index in [-0.39, 0.29) is 62.8 Å². The summed E-state index contributed by atoms with van der Waals surface area (Å²) in [7, 11) is 0. The van der Waals surface area contributed by atoms with Crippen molar-refractivity contribution in [3.63, 3.8) is 0 Å². The molecule has 0 bridgehead atoms. The molecule has 0 radical (unpaired) electrons. The SMILES string of the molecule is Cl.Cl.[2H]C([2H])(NCCNC(C)=O)C([2H])([2H])NCCNC(C)=O. The predicted octanol–water partition coefficient (Wildman–Crippen LogP) is -0.719. The van der Waals surface area contributed by atoms with Crippen molar-refractivity contribution >= 4 is 36.6 Å². The van der Waals surface area contributed by atoms with Gasteiger partial charge in [0, 0.05) is 58.5 Å². The zero-order valence-corrected chi connectivity index (χ0v) is 12.1. The summed E-state index contributed by atoms with van der Waals surface area (Å²) >= 11 is 0. The van der Waals surface area contributed by atoms with Crippen LogP contribution in [-0.4, -0.2) is 51.0 Å². The molecule has 6 nitrogen and oxygen atoms in total. The van der Waals surface area contributed by atoms with Crippen molar-refractivity contribution in [2.45, 2.75) is 13.8 Å². The third-order valence-electron chi connectivity index (χ3n) is 1.49. The Morgan fingerprint density at radius 3 is 1.44 bits per heavy atom. The molecule has 0 aromatic carbocycles. The lowest BCUT2D eigenvalue weighted by Crippen LogP contribution is -2.36. The Morgan fingerprint density at radius 2 is 1.17 bits per heavy atom. The maximum atomic E-state index is 10.6. The number of nitrogens with one attached hydrogen (secondary N) is 4. The molecule has 0 unspecified atom stereocenters. The topological polar surface area (TPSA) is 82.3 Å². The molecule has 0 aliphatic rings. The minimum absolute atomic E-state index is 0. The molecular weight excluding hydrogens is 279 g/mol. The van der Waals surface area contributed by atoms with Gasteiger partial charge in [-0.3, -0.25) is 9.59 Å². The Balaban J connectivity index is -0.00000180. The Labute approximate surface area is 126 Å². The number of hydrogen-bond donors (Lipinski definition) is 4. The molecule has 0 fully saturated rings. The van der Waals surface area contributed by atoms with Crippen LogP contribution in [0.4, 0.5) is 0 Å². The summed E-state index contributed by atoms with van der Waals surface area (Å²) in [6.07, 6.45) is 0. The highest BCUT2D eigenvalue weighted by Crippen LogP contribution is 1.64. The number of halogens is 2. The van der Waals surface area contributed by atoms with E-state index in [1.165, 1.54) is 13.8 Å². The summed E-state index contributed by atoms with van der Waals surface area (Å²) in [5.41, 5.74) is 0. The zero-order valence-electron chi connectivity index (χ0n) is 14.5. The van der Waals surface area contributed by atoms with Gasteiger partial charge < -0.3 is 21.3 Å². The monoisotopic (exact) mass is 306 g/mol. The first-order valence-electron chi connectivity index (χ1n) is 7.07. The molecule has 0 rings (SSSR count). The fourth-order valence-corrected chi connectivity index (χ4v) is 0.815. The lowest BCUT2D eigenvalue weighted by Gasteiger charge is -2.07. The average Bonchev–Trinajstić information content (AvgIpc) is 2.29. The molecule has 8 heteroatoms. The van der Waals surface area contributed by atoms with Gasteiger partial charge in [0.25, 0.3) is 0 Å². The van der Waals surface area contributed by atoms with Gasteiger partial charge in [0.2, 0.25) is 11.8 Å². The fourth-order valence-electron chi connectivity index (χ4n) is 0.815. The number of carbonyl (C=O) groups excluding carboxylic acids is 2. The van der Waals surface area contributed by atoms with Crippen molar-refractivity contribution in [1.29, 1.82) is 0 Å². The van der Waals surface area contributed by atoms with Gasteiger partial charge in [0.1, 0.15) is 0 Å². The Morgan fingerprint density at radius 1 is 0.833 bits per heavy atom. The van der Waals surface area contributed by atoms with Crippen molar-refractivity contribution in [2.24, 2.45) is 0 Å². The van der Waals surface area contributed by atoms with Crippen LogP contribution in [0.25, 0.3) is 0 Å². The standard InChI is InChI=1S/C10H22N4O2.2ClH/c1-9(15)13-7-5-11-3-4-12-6-8-14-10(2)16;;/h11-12H,3-8H2,1-2H3,(H,13,15)(H,14,16);2*1H/i3D2,4D2;;. The van der Waals surface area contributed by atoms with Crippen molar-refractivity contribution in [1.82, 2.24) is 21.3 Å². The summed E-state index contributed by atoms with van der Waals surface area (Å²) in [5, 5.41) is 9.75. The van der Waals surface area contributed by atoms with Crippen LogP contribution in [0.1, 0.15) is 19.3 Å². The van der Waals surface area contributed by atoms with E-state index in [0.717, 1.165) is 0 Å². The zero-order chi connectivity index (χ0) is 15.8. The van der Waals surface area contributed by atoms with Gasteiger partial charge in [-0.1, -0.05) is 0 Å². The normalized spacial score (nSPS) is 13.7. The molecule has 0 aliphatic carbocycles. The molecule has 0 atom stereocenters. The van der Waals surface area contributed by atoms with Crippen LogP contribution >= 0.6 is 24.8 Å². The first kappa shape index (κ1) is 13.9. The number of carbonyl (C=O) groups is 2. The summed E-state index contributed by atoms with van der Waals surface area (Å²) in [6, 6.07) is 0. The van der Waals surface area contributed by atoms with E-state index < -0.39 is 13.0 Å². The van der Waals surface area contributed by atoms with Gasteiger partial charge in [-0.15, -0.1) is 24.8 Å². The maximum absolute atomic E-state index is 10.6. The molecule has 110 valence electrons. The average molecular weight is 307 g/mol. The van der Waals surface area contributed by atoms with Crippen LogP contribution < -0.4 is 21.3 Å². The van der Waals surface area contributed by atoms with E-state index in [4.69, 9.17) is 5.48 Å². The van der Waals surface area contributed by atoms with Crippen molar-refractivity contribution < 1.29 is 15.1 Å². The van der Waals surface area contributed by atoms with Crippen molar-refractivity contribution in [2.75, 3.05) is 39.2 Å². The van der Waals surface area contributed by atoms with Crippen LogP contribution in [0, 0.1) is 0 Å². The minimum Gasteiger partial charge on any atom is -0.355 e. The number of rotatable bonds is 9. The van der Waals surface area contributed by atoms with Crippen molar-refractivity contribution in [3.05, 3.63) is 0 Å². The van der Waals surface area contributed by atoms with E-state index in [0.29, 0.717) is 0 Å². The smallest absolute Gasteiger partial charge is 0.216 e. The summed E-state index contributed by atoms with van der Waals surface area (Å²) < 4.78 is 30.6. The van der Waals surface area contributed by atoms with E-state index in [1.54, 1.807) is 0 Å². The van der Waals surface area contributed by atoms with Crippen LogP contribution in [0.3, 0.4) is 0 Å². The van der Waals surface area contributed by atoms with Crippen LogP contribution in [-0.2, 0) is 9.59 Å². The Kier molecular flexibility index (Phi) is 12.7. The van der Waals surface area contributed by atoms with Crippen molar-refractivity contribution in [3.8, 4) is 0 Å². The van der Waals surface area contributed by atoms with Crippen LogP contribution in [0.2, 0.25) is 0 Å². The summed E-state index contributed by atoms with van der Waals surface area (Å²) in [6.45, 7) is -1.34. The fraction of sp³-hybridized carbons (Fsp3) is 0.800. The van der Waals surface area contributed by atoms with Gasteiger partial charge in [-0.25, -0.2) is 0 Å². The largest absolute Gasteiger partial charge is 0.355 e. The molecule has 0 saturated carbocycles. The predicted molar refractivity (Wildman–Crippen MR) is 77.6 cm³/mol. The van der Waals surface area contributed by atoms with Crippen LogP contribution in [0.15, 0.2) is 0 Å². The molecule has 18 heavy (non-hydrogen) atoms. The van der Waals surface area contributed by atoms with Gasteiger partial charge in [-0.2, -0.15) is 0 Å². The highest BCUT2D eigenvalue weighted by atomic mass is 35.5. The second-order valence-electron chi connectivity index (χ2n) is 3.07. The van der Waals surface area contributed by atoms with E-state index in [9.17, 15) is 9.59 Å². The van der Waals surface area contributed by atoms with Gasteiger partial charge in [0.15, 0.2) is 0 Å². The van der Waals surface area contributed by atoms with Gasteiger partial charge in [-0.05, 0) is 0 Å². The van der Waals surface area contributed by atoms with Gasteiger partial charge in [0.05, 0.1) is 0 Å². The van der Waals surface area contributed by atoms with Crippen LogP contribution in [0.5, 0.6) is 0 Å². The lowest BCUT2D eigenvalue weighted by molar-refractivity contribution is -0.119. The first-order chi connectivity index (χ1) is 9.08. The highest BCUT2D eigenvalue weighted by Gasteiger charge is 1.91. The summed E-state index contributed by atoms with van der Waals surface area (Å²) in [5.74, 6) is -0.465. The number of amides is 2. The first-order valence-corrected chi connectivity index (χ1v) is 5.07. The minimum atomic E-state index is -2.32.